The highest BCUT2D eigenvalue weighted by atomic mass is 16.7. The molecule has 0 spiro atoms. The molecule has 0 saturated heterocycles. The summed E-state index contributed by atoms with van der Waals surface area (Å²) < 4.78 is 13.9. The largest absolute Gasteiger partial charge is 0.508 e. The van der Waals surface area contributed by atoms with E-state index >= 15 is 0 Å². The fraction of sp³-hybridized carbons (Fsp3) is 0.882. The minimum absolute atomic E-state index is 0.484. The molecule has 0 N–H and O–H groups in total. The predicted molar refractivity (Wildman–Crippen MR) is 85.8 cm³/mol. The van der Waals surface area contributed by atoms with E-state index in [1.165, 1.54) is 59.2 Å². The second-order valence-electron chi connectivity index (χ2n) is 5.55. The molecule has 5 heteroatoms. The van der Waals surface area contributed by atoms with Crippen LogP contribution in [0.2, 0.25) is 0 Å². The van der Waals surface area contributed by atoms with Crippen molar-refractivity contribution in [2.45, 2.75) is 83.7 Å². The van der Waals surface area contributed by atoms with Crippen LogP contribution >= 0.6 is 0 Å². The van der Waals surface area contributed by atoms with Gasteiger partial charge in [0.15, 0.2) is 0 Å². The van der Waals surface area contributed by atoms with Crippen LogP contribution in [-0.2, 0) is 19.0 Å². The van der Waals surface area contributed by atoms with Gasteiger partial charge in [0.25, 0.3) is 0 Å². The number of esters is 1. The molecule has 0 bridgehead atoms. The third-order valence-corrected chi connectivity index (χ3v) is 3.69. The average Bonchev–Trinajstić information content (AvgIpc) is 2.54. The summed E-state index contributed by atoms with van der Waals surface area (Å²) in [5.74, 6) is -0.527. The zero-order chi connectivity index (χ0) is 16.6. The summed E-state index contributed by atoms with van der Waals surface area (Å²) in [5, 5.41) is 0. The van der Waals surface area contributed by atoms with Gasteiger partial charge in [-0.15, -0.1) is 0 Å². The summed E-state index contributed by atoms with van der Waals surface area (Å²) in [6.07, 6.45) is 11.0. The molecule has 0 fully saturated rings. The van der Waals surface area contributed by atoms with Gasteiger partial charge >= 0.3 is 12.1 Å². The number of unbranched alkanes of at least 4 members (excludes halogenated alkanes) is 9. The Hall–Kier alpha value is -1.26. The van der Waals surface area contributed by atoms with Crippen LogP contribution in [0.15, 0.2) is 0 Å². The zero-order valence-electron chi connectivity index (χ0n) is 14.4. The molecule has 0 unspecified atom stereocenters. The normalized spacial score (nSPS) is 11.8. The first kappa shape index (κ1) is 20.7. The first-order valence-electron chi connectivity index (χ1n) is 8.48. The van der Waals surface area contributed by atoms with E-state index in [1.807, 2.05) is 0 Å². The predicted octanol–water partition coefficient (Wildman–Crippen LogP) is 4.62. The molecule has 0 amide bonds. The Kier molecular flexibility index (Phi) is 13.8. The molecule has 0 radical (unpaired) electrons. The molecule has 0 aliphatic heterocycles. The maximum atomic E-state index is 11.5. The van der Waals surface area contributed by atoms with Gasteiger partial charge < -0.3 is 14.2 Å². The molecule has 0 heterocycles. The van der Waals surface area contributed by atoms with Gasteiger partial charge in [0.1, 0.15) is 0 Å². The number of rotatable bonds is 13. The third kappa shape index (κ3) is 11.4. The van der Waals surface area contributed by atoms with E-state index in [2.05, 4.69) is 16.4 Å². The van der Waals surface area contributed by atoms with Gasteiger partial charge in [-0.3, -0.25) is 0 Å². The van der Waals surface area contributed by atoms with Gasteiger partial charge in [-0.2, -0.15) is 0 Å². The lowest BCUT2D eigenvalue weighted by molar-refractivity contribution is -0.152. The molecule has 0 saturated carbocycles. The minimum Gasteiger partial charge on any atom is -0.466 e. The lowest BCUT2D eigenvalue weighted by atomic mass is 10.0. The molecule has 1 atom stereocenters. The van der Waals surface area contributed by atoms with Crippen LogP contribution in [0.5, 0.6) is 0 Å². The van der Waals surface area contributed by atoms with Crippen molar-refractivity contribution in [1.29, 1.82) is 0 Å². The van der Waals surface area contributed by atoms with Crippen molar-refractivity contribution in [3.8, 4) is 0 Å². The topological polar surface area (TPSA) is 61.8 Å². The minimum atomic E-state index is -0.855. The summed E-state index contributed by atoms with van der Waals surface area (Å²) in [7, 11) is 2.51. The van der Waals surface area contributed by atoms with Crippen molar-refractivity contribution < 1.29 is 23.8 Å². The Morgan fingerprint density at radius 3 is 1.73 bits per heavy atom. The number of carbonyl (C=O) groups is 2. The smallest absolute Gasteiger partial charge is 0.466 e. The summed E-state index contributed by atoms with van der Waals surface area (Å²) in [6, 6.07) is 0. The van der Waals surface area contributed by atoms with Crippen molar-refractivity contribution in [1.82, 2.24) is 0 Å². The second-order valence-corrected chi connectivity index (χ2v) is 5.55. The number of carbonyl (C=O) groups excluding carboxylic acids is 2. The molecule has 0 aliphatic rings. The summed E-state index contributed by atoms with van der Waals surface area (Å²) in [5.41, 5.74) is 0. The van der Waals surface area contributed by atoms with E-state index in [-0.39, 0.29) is 0 Å². The Morgan fingerprint density at radius 2 is 1.27 bits per heavy atom. The molecule has 5 nitrogen and oxygen atoms in total. The van der Waals surface area contributed by atoms with Crippen molar-refractivity contribution in [2.24, 2.45) is 0 Å². The van der Waals surface area contributed by atoms with Crippen molar-refractivity contribution >= 4 is 12.1 Å². The fourth-order valence-electron chi connectivity index (χ4n) is 2.34. The molecule has 130 valence electrons. The van der Waals surface area contributed by atoms with Crippen molar-refractivity contribution in [3.63, 3.8) is 0 Å². The van der Waals surface area contributed by atoms with Gasteiger partial charge in [0, 0.05) is 0 Å². The van der Waals surface area contributed by atoms with Gasteiger partial charge in [-0.25, -0.2) is 9.59 Å². The van der Waals surface area contributed by atoms with Crippen LogP contribution in [0.3, 0.4) is 0 Å². The van der Waals surface area contributed by atoms with E-state index in [0.717, 1.165) is 19.3 Å². The van der Waals surface area contributed by atoms with Crippen LogP contribution in [0.1, 0.15) is 77.6 Å². The first-order chi connectivity index (χ1) is 10.7. The maximum Gasteiger partial charge on any atom is 0.508 e. The first-order valence-corrected chi connectivity index (χ1v) is 8.48. The quantitative estimate of drug-likeness (QED) is 0.366. The Balaban J connectivity index is 3.63. The SMILES string of the molecule is CCCCCCCCCCCC[C@H](OC(=O)OC)C(=O)OC. The number of hydrogen-bond acceptors (Lipinski definition) is 5. The van der Waals surface area contributed by atoms with E-state index in [0.29, 0.717) is 6.42 Å². The highest BCUT2D eigenvalue weighted by Crippen LogP contribution is 2.13. The number of ether oxygens (including phenoxy) is 3. The number of hydrogen-bond donors (Lipinski definition) is 0. The molecule has 0 aliphatic carbocycles. The van der Waals surface area contributed by atoms with Crippen molar-refractivity contribution in [3.05, 3.63) is 0 Å². The molecule has 22 heavy (non-hydrogen) atoms. The van der Waals surface area contributed by atoms with Gasteiger partial charge in [-0.05, 0) is 12.8 Å². The molecule has 0 aromatic heterocycles. The van der Waals surface area contributed by atoms with E-state index < -0.39 is 18.2 Å². The lowest BCUT2D eigenvalue weighted by Gasteiger charge is -2.14. The standard InChI is InChI=1S/C17H32O5/c1-4-5-6-7-8-9-10-11-12-13-14-15(16(18)20-2)22-17(19)21-3/h15H,4-14H2,1-3H3/t15-/m0/s1. The van der Waals surface area contributed by atoms with Gasteiger partial charge in [-0.1, -0.05) is 64.7 Å². The molecule has 0 aromatic rings. The Labute approximate surface area is 134 Å². The Bertz CT molecular complexity index is 291. The average molecular weight is 316 g/mol. The molecule has 0 aromatic carbocycles. The van der Waals surface area contributed by atoms with Crippen LogP contribution in [-0.4, -0.2) is 32.4 Å². The van der Waals surface area contributed by atoms with Crippen LogP contribution in [0, 0.1) is 0 Å². The van der Waals surface area contributed by atoms with Gasteiger partial charge in [0.2, 0.25) is 6.10 Å². The lowest BCUT2D eigenvalue weighted by Crippen LogP contribution is -2.28. The van der Waals surface area contributed by atoms with E-state index in [9.17, 15) is 9.59 Å². The highest BCUT2D eigenvalue weighted by molar-refractivity contribution is 5.77. The molecular weight excluding hydrogens is 284 g/mol. The summed E-state index contributed by atoms with van der Waals surface area (Å²) >= 11 is 0. The second kappa shape index (κ2) is 14.7. The van der Waals surface area contributed by atoms with Crippen LogP contribution < -0.4 is 0 Å². The molecule has 0 rings (SSSR count). The highest BCUT2D eigenvalue weighted by Gasteiger charge is 2.23. The summed E-state index contributed by atoms with van der Waals surface area (Å²) in [6.45, 7) is 2.23. The summed E-state index contributed by atoms with van der Waals surface area (Å²) in [4.78, 5) is 22.6. The van der Waals surface area contributed by atoms with Crippen LogP contribution in [0.25, 0.3) is 0 Å². The van der Waals surface area contributed by atoms with Crippen molar-refractivity contribution in [2.75, 3.05) is 14.2 Å². The molecular formula is C17H32O5. The van der Waals surface area contributed by atoms with Crippen LogP contribution in [0.4, 0.5) is 4.79 Å². The van der Waals surface area contributed by atoms with E-state index in [4.69, 9.17) is 4.74 Å². The zero-order valence-corrected chi connectivity index (χ0v) is 14.4. The number of methoxy groups -OCH3 is 2. The third-order valence-electron chi connectivity index (χ3n) is 3.69. The van der Waals surface area contributed by atoms with E-state index in [1.54, 1.807) is 0 Å². The van der Waals surface area contributed by atoms with Gasteiger partial charge in [0.05, 0.1) is 14.2 Å². The Morgan fingerprint density at radius 1 is 0.773 bits per heavy atom. The fourth-order valence-corrected chi connectivity index (χ4v) is 2.34. The monoisotopic (exact) mass is 316 g/mol. The maximum absolute atomic E-state index is 11.5.